The zero-order valence-corrected chi connectivity index (χ0v) is 9.44. The number of rotatable bonds is 5. The normalized spacial score (nSPS) is 10.3. The summed E-state index contributed by atoms with van der Waals surface area (Å²) in [4.78, 5) is 0. The number of anilines is 1. The van der Waals surface area contributed by atoms with Crippen LogP contribution in [0.2, 0.25) is 0 Å². The van der Waals surface area contributed by atoms with E-state index in [9.17, 15) is 0 Å². The standard InChI is InChI=1S/C13H16N2O/c1-2-3-9-14-13-12(10-15-16-13)11-7-5-4-6-8-11/h4-8,10,14H,2-3,9H2,1H3. The van der Waals surface area contributed by atoms with Crippen LogP contribution in [0.15, 0.2) is 41.1 Å². The molecular weight excluding hydrogens is 200 g/mol. The molecule has 3 heteroatoms. The molecule has 0 atom stereocenters. The van der Waals surface area contributed by atoms with Gasteiger partial charge in [-0.2, -0.15) is 0 Å². The van der Waals surface area contributed by atoms with Crippen LogP contribution in [0.1, 0.15) is 19.8 Å². The summed E-state index contributed by atoms with van der Waals surface area (Å²) in [6.45, 7) is 3.09. The third-order valence-electron chi connectivity index (χ3n) is 2.47. The first kappa shape index (κ1) is 10.7. The summed E-state index contributed by atoms with van der Waals surface area (Å²) in [6, 6.07) is 10.1. The maximum Gasteiger partial charge on any atom is 0.232 e. The molecule has 0 aliphatic heterocycles. The molecule has 0 saturated heterocycles. The van der Waals surface area contributed by atoms with Gasteiger partial charge in [-0.05, 0) is 12.0 Å². The number of aromatic nitrogens is 1. The third-order valence-corrected chi connectivity index (χ3v) is 2.47. The van der Waals surface area contributed by atoms with E-state index >= 15 is 0 Å². The van der Waals surface area contributed by atoms with Crippen molar-refractivity contribution in [3.05, 3.63) is 36.5 Å². The van der Waals surface area contributed by atoms with Crippen molar-refractivity contribution in [2.75, 3.05) is 11.9 Å². The summed E-state index contributed by atoms with van der Waals surface area (Å²) in [6.07, 6.45) is 4.06. The van der Waals surface area contributed by atoms with Crippen LogP contribution in [-0.4, -0.2) is 11.7 Å². The quantitative estimate of drug-likeness (QED) is 0.777. The molecule has 0 saturated carbocycles. The first-order chi connectivity index (χ1) is 7.92. The van der Waals surface area contributed by atoms with Crippen LogP contribution < -0.4 is 5.32 Å². The van der Waals surface area contributed by atoms with Crippen molar-refractivity contribution in [2.24, 2.45) is 0 Å². The maximum absolute atomic E-state index is 5.20. The van der Waals surface area contributed by atoms with Crippen molar-refractivity contribution in [3.8, 4) is 11.1 Å². The Morgan fingerprint density at radius 2 is 2.06 bits per heavy atom. The first-order valence-electron chi connectivity index (χ1n) is 5.65. The SMILES string of the molecule is CCCCNc1oncc1-c1ccccc1. The van der Waals surface area contributed by atoms with Gasteiger partial charge < -0.3 is 9.84 Å². The number of unbranched alkanes of at least 4 members (excludes halogenated alkanes) is 1. The highest BCUT2D eigenvalue weighted by atomic mass is 16.5. The van der Waals surface area contributed by atoms with Crippen LogP contribution in [0.5, 0.6) is 0 Å². The van der Waals surface area contributed by atoms with E-state index < -0.39 is 0 Å². The summed E-state index contributed by atoms with van der Waals surface area (Å²) >= 11 is 0. The van der Waals surface area contributed by atoms with Crippen LogP contribution in [0.3, 0.4) is 0 Å². The Bertz CT molecular complexity index is 423. The van der Waals surface area contributed by atoms with Gasteiger partial charge in [0, 0.05) is 6.54 Å². The second-order valence-electron chi connectivity index (χ2n) is 3.71. The molecule has 1 aromatic heterocycles. The van der Waals surface area contributed by atoms with Crippen molar-refractivity contribution in [3.63, 3.8) is 0 Å². The molecule has 0 spiro atoms. The lowest BCUT2D eigenvalue weighted by Crippen LogP contribution is -2.00. The molecule has 1 aromatic carbocycles. The fraction of sp³-hybridized carbons (Fsp3) is 0.308. The highest BCUT2D eigenvalue weighted by Gasteiger charge is 2.08. The molecule has 1 heterocycles. The van der Waals surface area contributed by atoms with Crippen LogP contribution in [0.25, 0.3) is 11.1 Å². The molecule has 0 aliphatic rings. The largest absolute Gasteiger partial charge is 0.353 e. The highest BCUT2D eigenvalue weighted by molar-refractivity contribution is 5.73. The lowest BCUT2D eigenvalue weighted by Gasteiger charge is -2.03. The van der Waals surface area contributed by atoms with Crippen LogP contribution in [0, 0.1) is 0 Å². The molecule has 0 amide bonds. The summed E-state index contributed by atoms with van der Waals surface area (Å²) < 4.78 is 5.20. The number of benzene rings is 1. The topological polar surface area (TPSA) is 38.1 Å². The van der Waals surface area contributed by atoms with Gasteiger partial charge in [0.05, 0.1) is 11.8 Å². The van der Waals surface area contributed by atoms with E-state index in [1.807, 2.05) is 18.2 Å². The second kappa shape index (κ2) is 5.35. The van der Waals surface area contributed by atoms with Gasteiger partial charge in [0.1, 0.15) is 0 Å². The van der Waals surface area contributed by atoms with Crippen LogP contribution in [0.4, 0.5) is 5.88 Å². The van der Waals surface area contributed by atoms with Crippen LogP contribution in [-0.2, 0) is 0 Å². The molecule has 0 aliphatic carbocycles. The Labute approximate surface area is 95.5 Å². The second-order valence-corrected chi connectivity index (χ2v) is 3.71. The van der Waals surface area contributed by atoms with Crippen molar-refractivity contribution in [2.45, 2.75) is 19.8 Å². The molecule has 0 unspecified atom stereocenters. The van der Waals surface area contributed by atoms with E-state index in [0.717, 1.165) is 30.0 Å². The predicted molar refractivity (Wildman–Crippen MR) is 65.3 cm³/mol. The Balaban J connectivity index is 2.13. The monoisotopic (exact) mass is 216 g/mol. The van der Waals surface area contributed by atoms with E-state index in [2.05, 4.69) is 29.5 Å². The van der Waals surface area contributed by atoms with E-state index in [4.69, 9.17) is 4.52 Å². The van der Waals surface area contributed by atoms with Crippen molar-refractivity contribution in [1.82, 2.24) is 5.16 Å². The zero-order valence-electron chi connectivity index (χ0n) is 9.44. The van der Waals surface area contributed by atoms with Gasteiger partial charge >= 0.3 is 0 Å². The third kappa shape index (κ3) is 2.42. The zero-order chi connectivity index (χ0) is 11.2. The number of nitrogens with one attached hydrogen (secondary N) is 1. The predicted octanol–water partition coefficient (Wildman–Crippen LogP) is 3.55. The molecule has 16 heavy (non-hydrogen) atoms. The summed E-state index contributed by atoms with van der Waals surface area (Å²) in [5.41, 5.74) is 2.15. The summed E-state index contributed by atoms with van der Waals surface area (Å²) in [5, 5.41) is 7.10. The molecular formula is C13H16N2O. The molecule has 0 fully saturated rings. The molecule has 84 valence electrons. The molecule has 0 radical (unpaired) electrons. The van der Waals surface area contributed by atoms with Gasteiger partial charge in [-0.15, -0.1) is 0 Å². The van der Waals surface area contributed by atoms with Crippen molar-refractivity contribution < 1.29 is 4.52 Å². The van der Waals surface area contributed by atoms with E-state index in [1.54, 1.807) is 6.20 Å². The molecule has 1 N–H and O–H groups in total. The Morgan fingerprint density at radius 1 is 1.25 bits per heavy atom. The average Bonchev–Trinajstić information content (AvgIpc) is 2.79. The smallest absolute Gasteiger partial charge is 0.232 e. The van der Waals surface area contributed by atoms with Crippen molar-refractivity contribution in [1.29, 1.82) is 0 Å². The minimum absolute atomic E-state index is 0.764. The Kier molecular flexibility index (Phi) is 3.59. The minimum atomic E-state index is 0.764. The van der Waals surface area contributed by atoms with Gasteiger partial charge in [0.15, 0.2) is 0 Å². The first-order valence-corrected chi connectivity index (χ1v) is 5.65. The van der Waals surface area contributed by atoms with Crippen molar-refractivity contribution >= 4 is 5.88 Å². The van der Waals surface area contributed by atoms with Gasteiger partial charge in [0.25, 0.3) is 0 Å². The van der Waals surface area contributed by atoms with Gasteiger partial charge in [-0.1, -0.05) is 48.8 Å². The average molecular weight is 216 g/mol. The Morgan fingerprint density at radius 3 is 2.81 bits per heavy atom. The number of hydrogen-bond donors (Lipinski definition) is 1. The van der Waals surface area contributed by atoms with E-state index in [0.29, 0.717) is 0 Å². The van der Waals surface area contributed by atoms with Gasteiger partial charge in [-0.3, -0.25) is 0 Å². The lowest BCUT2D eigenvalue weighted by molar-refractivity contribution is 0.432. The minimum Gasteiger partial charge on any atom is -0.353 e. The van der Waals surface area contributed by atoms with Crippen LogP contribution >= 0.6 is 0 Å². The maximum atomic E-state index is 5.20. The number of hydrogen-bond acceptors (Lipinski definition) is 3. The fourth-order valence-corrected chi connectivity index (χ4v) is 1.57. The van der Waals surface area contributed by atoms with E-state index in [1.165, 1.54) is 6.42 Å². The molecule has 2 aromatic rings. The molecule has 2 rings (SSSR count). The molecule has 0 bridgehead atoms. The summed E-state index contributed by atoms with van der Waals surface area (Å²) in [7, 11) is 0. The number of nitrogens with zero attached hydrogens (tertiary/aromatic N) is 1. The lowest BCUT2D eigenvalue weighted by atomic mass is 10.1. The Hall–Kier alpha value is -1.77. The molecule has 3 nitrogen and oxygen atoms in total. The summed E-state index contributed by atoms with van der Waals surface area (Å²) in [5.74, 6) is 0.764. The van der Waals surface area contributed by atoms with Gasteiger partial charge in [0.2, 0.25) is 5.88 Å². The highest BCUT2D eigenvalue weighted by Crippen LogP contribution is 2.27. The van der Waals surface area contributed by atoms with Gasteiger partial charge in [-0.25, -0.2) is 0 Å². The fourth-order valence-electron chi connectivity index (χ4n) is 1.57. The van der Waals surface area contributed by atoms with E-state index in [-0.39, 0.29) is 0 Å².